The molecule has 7 heteroatoms. The Morgan fingerprint density at radius 3 is 1.55 bits per heavy atom. The van der Waals surface area contributed by atoms with Gasteiger partial charge < -0.3 is 0 Å². The molecule has 0 saturated carbocycles. The van der Waals surface area contributed by atoms with Crippen molar-refractivity contribution in [2.75, 3.05) is 4.90 Å². The number of nitrogens with zero attached hydrogens (tertiary/aromatic N) is 1. The molecule has 1 heterocycles. The number of imide groups is 1. The molecule has 4 aliphatic rings. The van der Waals surface area contributed by atoms with E-state index in [1.807, 2.05) is 48.5 Å². The molecule has 3 aromatic carbocycles. The minimum absolute atomic E-state index is 0.363. The number of anilines is 1. The lowest BCUT2D eigenvalue weighted by atomic mass is 9.54. The van der Waals surface area contributed by atoms with Crippen LogP contribution in [0, 0.1) is 11.8 Å². The van der Waals surface area contributed by atoms with Crippen LogP contribution in [-0.4, -0.2) is 11.8 Å². The molecule has 31 heavy (non-hydrogen) atoms. The lowest BCUT2D eigenvalue weighted by Crippen LogP contribution is -2.57. The van der Waals surface area contributed by atoms with Crippen LogP contribution in [0.2, 0.25) is 5.02 Å². The first-order valence-corrected chi connectivity index (χ1v) is 11.6. The van der Waals surface area contributed by atoms with Crippen molar-refractivity contribution in [3.05, 3.63) is 98.5 Å². The largest absolute Gasteiger partial charge is 0.274 e. The molecule has 1 fully saturated rings. The van der Waals surface area contributed by atoms with Crippen molar-refractivity contribution in [3.8, 4) is 0 Å². The lowest BCUT2D eigenvalue weighted by molar-refractivity contribution is -0.122. The molecule has 3 aliphatic carbocycles. The van der Waals surface area contributed by atoms with E-state index in [4.69, 9.17) is 34.8 Å². The van der Waals surface area contributed by atoms with Crippen molar-refractivity contribution >= 4 is 68.2 Å². The zero-order chi connectivity index (χ0) is 21.7. The molecule has 2 atom stereocenters. The van der Waals surface area contributed by atoms with Crippen LogP contribution in [0.1, 0.15) is 22.3 Å². The van der Waals surface area contributed by atoms with Gasteiger partial charge in [-0.15, -0.1) is 23.2 Å². The second-order valence-electron chi connectivity index (χ2n) is 8.08. The summed E-state index contributed by atoms with van der Waals surface area (Å²) >= 11 is 24.4. The van der Waals surface area contributed by atoms with Gasteiger partial charge >= 0.3 is 0 Å². The Morgan fingerprint density at radius 1 is 0.742 bits per heavy atom. The highest BCUT2D eigenvalue weighted by Crippen LogP contribution is 2.69. The van der Waals surface area contributed by atoms with E-state index in [2.05, 4.69) is 15.9 Å². The number of halogens is 4. The Hall–Kier alpha value is -1.85. The molecule has 154 valence electrons. The SMILES string of the molecule is O=C1[C@H]2[C@H](C(=O)N1c1ccc(Br)c(Cl)c1)C1(Cl)c3ccccc3C2(Cl)c2ccccc21. The van der Waals surface area contributed by atoms with Gasteiger partial charge in [-0.25, -0.2) is 4.90 Å². The molecule has 0 radical (unpaired) electrons. The molecule has 7 rings (SSSR count). The first kappa shape index (κ1) is 19.8. The molecule has 3 nitrogen and oxygen atoms in total. The number of carbonyl (C=O) groups excluding carboxylic acids is 2. The van der Waals surface area contributed by atoms with Crippen molar-refractivity contribution in [1.29, 1.82) is 0 Å². The molecule has 0 unspecified atom stereocenters. The minimum atomic E-state index is -1.19. The highest BCUT2D eigenvalue weighted by molar-refractivity contribution is 9.10. The van der Waals surface area contributed by atoms with Crippen LogP contribution in [0.3, 0.4) is 0 Å². The van der Waals surface area contributed by atoms with Crippen molar-refractivity contribution in [3.63, 3.8) is 0 Å². The maximum atomic E-state index is 13.8. The summed E-state index contributed by atoms with van der Waals surface area (Å²) in [5.41, 5.74) is 3.53. The number of hydrogen-bond donors (Lipinski definition) is 0. The maximum Gasteiger partial charge on any atom is 0.240 e. The van der Waals surface area contributed by atoms with Crippen LogP contribution in [-0.2, 0) is 19.3 Å². The van der Waals surface area contributed by atoms with Gasteiger partial charge in [-0.05, 0) is 56.4 Å². The number of amides is 2. The summed E-state index contributed by atoms with van der Waals surface area (Å²) in [4.78, 5) is 26.4. The quantitative estimate of drug-likeness (QED) is 0.276. The van der Waals surface area contributed by atoms with E-state index in [1.54, 1.807) is 18.2 Å². The molecule has 1 aliphatic heterocycles. The Morgan fingerprint density at radius 2 is 1.16 bits per heavy atom. The van der Waals surface area contributed by atoms with Gasteiger partial charge in [0.05, 0.1) is 22.5 Å². The summed E-state index contributed by atoms with van der Waals surface area (Å²) in [5, 5.41) is 0.406. The topological polar surface area (TPSA) is 37.4 Å². The van der Waals surface area contributed by atoms with E-state index in [0.29, 0.717) is 15.2 Å². The maximum absolute atomic E-state index is 13.8. The second kappa shape index (κ2) is 6.35. The van der Waals surface area contributed by atoms with E-state index < -0.39 is 21.6 Å². The zero-order valence-electron chi connectivity index (χ0n) is 15.8. The summed E-state index contributed by atoms with van der Waals surface area (Å²) in [5.74, 6) is -2.38. The highest BCUT2D eigenvalue weighted by atomic mass is 79.9. The normalized spacial score (nSPS) is 30.3. The van der Waals surface area contributed by atoms with Crippen molar-refractivity contribution < 1.29 is 9.59 Å². The van der Waals surface area contributed by atoms with Crippen LogP contribution in [0.15, 0.2) is 71.2 Å². The van der Waals surface area contributed by atoms with Crippen LogP contribution in [0.4, 0.5) is 5.69 Å². The molecule has 0 aromatic heterocycles. The minimum Gasteiger partial charge on any atom is -0.274 e. The third-order valence-corrected chi connectivity index (χ3v) is 9.26. The van der Waals surface area contributed by atoms with Crippen LogP contribution < -0.4 is 4.90 Å². The number of benzene rings is 3. The third-order valence-electron chi connectivity index (χ3n) is 6.75. The molecular weight excluding hydrogens is 521 g/mol. The van der Waals surface area contributed by atoms with E-state index in [9.17, 15) is 9.59 Å². The van der Waals surface area contributed by atoms with Gasteiger partial charge in [-0.3, -0.25) is 9.59 Å². The summed E-state index contributed by atoms with van der Waals surface area (Å²) in [7, 11) is 0. The first-order chi connectivity index (χ1) is 14.8. The molecule has 0 spiro atoms. The third kappa shape index (κ3) is 2.22. The molecule has 3 aromatic rings. The summed E-state index contributed by atoms with van der Waals surface area (Å²) in [6.45, 7) is 0. The smallest absolute Gasteiger partial charge is 0.240 e. The van der Waals surface area contributed by atoms with E-state index in [-0.39, 0.29) is 11.8 Å². The molecule has 0 N–H and O–H groups in total. The van der Waals surface area contributed by atoms with Crippen LogP contribution >= 0.6 is 50.7 Å². The predicted molar refractivity (Wildman–Crippen MR) is 125 cm³/mol. The summed E-state index contributed by atoms with van der Waals surface area (Å²) in [6.07, 6.45) is 0. The van der Waals surface area contributed by atoms with Crippen molar-refractivity contribution in [2.24, 2.45) is 11.8 Å². The van der Waals surface area contributed by atoms with Gasteiger partial charge in [-0.1, -0.05) is 60.1 Å². The number of alkyl halides is 2. The Kier molecular flexibility index (Phi) is 4.06. The highest BCUT2D eigenvalue weighted by Gasteiger charge is 2.73. The van der Waals surface area contributed by atoms with Gasteiger partial charge in [0.25, 0.3) is 0 Å². The van der Waals surface area contributed by atoms with Crippen molar-refractivity contribution in [2.45, 2.75) is 9.75 Å². The zero-order valence-corrected chi connectivity index (χ0v) is 19.6. The van der Waals surface area contributed by atoms with Gasteiger partial charge in [0, 0.05) is 4.47 Å². The average molecular weight is 534 g/mol. The van der Waals surface area contributed by atoms with Gasteiger partial charge in [0.1, 0.15) is 9.75 Å². The van der Waals surface area contributed by atoms with Gasteiger partial charge in [0.2, 0.25) is 11.8 Å². The summed E-state index contributed by atoms with van der Waals surface area (Å²) in [6, 6.07) is 20.2. The summed E-state index contributed by atoms with van der Waals surface area (Å²) < 4.78 is 0.678. The van der Waals surface area contributed by atoms with Crippen LogP contribution in [0.25, 0.3) is 0 Å². The fraction of sp³-hybridized carbons (Fsp3) is 0.167. The first-order valence-electron chi connectivity index (χ1n) is 9.72. The molecule has 2 bridgehead atoms. The Bertz CT molecular complexity index is 1200. The predicted octanol–water partition coefficient (Wildman–Crippen LogP) is 6.20. The van der Waals surface area contributed by atoms with E-state index in [1.165, 1.54) is 4.90 Å². The lowest BCUT2D eigenvalue weighted by Gasteiger charge is -2.54. The standard InChI is InChI=1S/C24H13BrCl3NO2/c25-17-10-9-12(11-18(17)26)29-21(30)19-20(22(29)31)24(28)14-6-2-1-5-13(14)23(19,27)15-7-3-4-8-16(15)24/h1-11,19-20H/t19-,20-,23?,24?/m1/s1. The number of rotatable bonds is 1. The molecular formula is C24H13BrCl3NO2. The number of carbonyl (C=O) groups is 2. The monoisotopic (exact) mass is 531 g/mol. The second-order valence-corrected chi connectivity index (χ2v) is 10.5. The van der Waals surface area contributed by atoms with E-state index in [0.717, 1.165) is 22.3 Å². The van der Waals surface area contributed by atoms with Gasteiger partial charge in [-0.2, -0.15) is 0 Å². The molecule has 1 saturated heterocycles. The Labute approximate surface area is 202 Å². The van der Waals surface area contributed by atoms with Gasteiger partial charge in [0.15, 0.2) is 0 Å². The molecule has 2 amide bonds. The van der Waals surface area contributed by atoms with Crippen LogP contribution in [0.5, 0.6) is 0 Å². The number of hydrogen-bond acceptors (Lipinski definition) is 2. The Balaban J connectivity index is 1.65. The van der Waals surface area contributed by atoms with E-state index >= 15 is 0 Å². The average Bonchev–Trinajstić information content (AvgIpc) is 3.05. The fourth-order valence-corrected chi connectivity index (χ4v) is 7.06. The van der Waals surface area contributed by atoms with Crippen molar-refractivity contribution in [1.82, 2.24) is 0 Å². The fourth-order valence-electron chi connectivity index (χ4n) is 5.55.